The molecule has 26 heavy (non-hydrogen) atoms. The van der Waals surface area contributed by atoms with Crippen LogP contribution < -0.4 is 0 Å². The summed E-state index contributed by atoms with van der Waals surface area (Å²) >= 11 is 0. The van der Waals surface area contributed by atoms with Gasteiger partial charge in [0, 0.05) is 36.8 Å². The lowest BCUT2D eigenvalue weighted by molar-refractivity contribution is 0.422. The minimum Gasteiger partial charge on any atom is -0.353 e. The molecule has 0 unspecified atom stereocenters. The summed E-state index contributed by atoms with van der Waals surface area (Å²) in [7, 11) is -0.491. The Bertz CT molecular complexity index is 1220. The first kappa shape index (κ1) is 16.7. The molecule has 8 nitrogen and oxygen atoms in total. The Morgan fingerprint density at radius 2 is 1.92 bits per heavy atom. The first-order chi connectivity index (χ1) is 12.4. The lowest BCUT2D eigenvalue weighted by Gasteiger charge is -2.11. The van der Waals surface area contributed by atoms with Gasteiger partial charge in [-0.3, -0.25) is 0 Å². The number of aromatic nitrogens is 4. The molecule has 0 aliphatic rings. The molecule has 1 N–H and O–H groups in total. The normalized spacial score (nSPS) is 12.5. The molecule has 134 valence electrons. The minimum absolute atomic E-state index is 0.236. The Hall–Kier alpha value is -2.78. The first-order valence-corrected chi connectivity index (χ1v) is 9.51. The fourth-order valence-corrected chi connectivity index (χ4v) is 3.70. The monoisotopic (exact) mass is 371 g/mol. The van der Waals surface area contributed by atoms with Crippen LogP contribution in [0.3, 0.4) is 0 Å². The van der Waals surface area contributed by atoms with E-state index >= 15 is 0 Å². The van der Waals surface area contributed by atoms with Gasteiger partial charge >= 0.3 is 0 Å². The predicted octanol–water partition coefficient (Wildman–Crippen LogP) is 2.58. The second-order valence-electron chi connectivity index (χ2n) is 6.10. The van der Waals surface area contributed by atoms with E-state index in [1.165, 1.54) is 18.4 Å². The molecule has 0 atom stereocenters. The SMILES string of the molecule is CCc1noc(-c2cc3c(cn2)[nH]c2ccc(S(=O)(=O)N(C)C)cc23)n1. The highest BCUT2D eigenvalue weighted by Crippen LogP contribution is 2.30. The van der Waals surface area contributed by atoms with E-state index in [9.17, 15) is 8.42 Å². The van der Waals surface area contributed by atoms with Gasteiger partial charge in [0.2, 0.25) is 10.0 Å². The van der Waals surface area contributed by atoms with Gasteiger partial charge in [0.05, 0.1) is 16.6 Å². The average Bonchev–Trinajstić information content (AvgIpc) is 3.24. The number of nitrogens with one attached hydrogen (secondary N) is 1. The van der Waals surface area contributed by atoms with Gasteiger partial charge in [-0.1, -0.05) is 12.1 Å². The van der Waals surface area contributed by atoms with Crippen molar-refractivity contribution < 1.29 is 12.9 Å². The standard InChI is InChI=1S/C17H17N5O3S/c1-4-16-20-17(25-21-16)14-8-12-11-7-10(26(23,24)22(2)3)5-6-13(11)19-15(12)9-18-14/h5-9,19H,4H2,1-3H3. The average molecular weight is 371 g/mol. The molecule has 0 aliphatic heterocycles. The molecular weight excluding hydrogens is 354 g/mol. The van der Waals surface area contributed by atoms with Crippen molar-refractivity contribution in [3.05, 3.63) is 36.3 Å². The second-order valence-corrected chi connectivity index (χ2v) is 8.26. The molecule has 0 radical (unpaired) electrons. The van der Waals surface area contributed by atoms with E-state index in [-0.39, 0.29) is 4.90 Å². The van der Waals surface area contributed by atoms with Crippen LogP contribution >= 0.6 is 0 Å². The quantitative estimate of drug-likeness (QED) is 0.591. The van der Waals surface area contributed by atoms with E-state index in [0.717, 1.165) is 21.8 Å². The fourth-order valence-electron chi connectivity index (χ4n) is 2.77. The number of hydrogen-bond acceptors (Lipinski definition) is 6. The zero-order valence-electron chi connectivity index (χ0n) is 14.5. The van der Waals surface area contributed by atoms with Gasteiger partial charge in [0.25, 0.3) is 5.89 Å². The zero-order chi connectivity index (χ0) is 18.5. The van der Waals surface area contributed by atoms with E-state index < -0.39 is 10.0 Å². The Labute approximate surface area is 149 Å². The van der Waals surface area contributed by atoms with Gasteiger partial charge in [0.15, 0.2) is 5.82 Å². The van der Waals surface area contributed by atoms with Gasteiger partial charge in [-0.25, -0.2) is 17.7 Å². The number of H-pyrrole nitrogens is 1. The van der Waals surface area contributed by atoms with Crippen molar-refractivity contribution in [1.82, 2.24) is 24.4 Å². The van der Waals surface area contributed by atoms with E-state index in [2.05, 4.69) is 20.1 Å². The van der Waals surface area contributed by atoms with Crippen molar-refractivity contribution in [2.45, 2.75) is 18.2 Å². The lowest BCUT2D eigenvalue weighted by atomic mass is 10.1. The number of benzene rings is 1. The molecule has 1 aromatic carbocycles. The first-order valence-electron chi connectivity index (χ1n) is 8.07. The van der Waals surface area contributed by atoms with Gasteiger partial charge in [-0.2, -0.15) is 4.98 Å². The third kappa shape index (κ3) is 2.56. The van der Waals surface area contributed by atoms with Crippen LogP contribution in [-0.4, -0.2) is 46.9 Å². The van der Waals surface area contributed by atoms with E-state index in [1.54, 1.807) is 24.4 Å². The summed E-state index contributed by atoms with van der Waals surface area (Å²) in [5.41, 5.74) is 2.18. The molecule has 0 fully saturated rings. The number of aromatic amines is 1. The van der Waals surface area contributed by atoms with E-state index in [1.807, 2.05) is 13.0 Å². The minimum atomic E-state index is -3.51. The highest BCUT2D eigenvalue weighted by atomic mass is 32.2. The summed E-state index contributed by atoms with van der Waals surface area (Å²) in [5, 5.41) is 5.53. The third-order valence-electron chi connectivity index (χ3n) is 4.24. The summed E-state index contributed by atoms with van der Waals surface area (Å²) in [5.74, 6) is 0.954. The van der Waals surface area contributed by atoms with E-state index in [4.69, 9.17) is 4.52 Å². The Balaban J connectivity index is 1.92. The molecule has 3 aromatic heterocycles. The van der Waals surface area contributed by atoms with Crippen LogP contribution in [-0.2, 0) is 16.4 Å². The summed E-state index contributed by atoms with van der Waals surface area (Å²) in [6.45, 7) is 1.94. The van der Waals surface area contributed by atoms with Gasteiger partial charge in [-0.05, 0) is 24.3 Å². The van der Waals surface area contributed by atoms with Crippen LogP contribution in [0.2, 0.25) is 0 Å². The maximum atomic E-state index is 12.4. The lowest BCUT2D eigenvalue weighted by Crippen LogP contribution is -2.22. The Kier molecular flexibility index (Phi) is 3.78. The van der Waals surface area contributed by atoms with E-state index in [0.29, 0.717) is 23.8 Å². The molecular formula is C17H17N5O3S. The molecule has 0 aliphatic carbocycles. The molecule has 4 aromatic rings. The number of nitrogens with zero attached hydrogens (tertiary/aromatic N) is 4. The van der Waals surface area contributed by atoms with Crippen LogP contribution in [0.15, 0.2) is 39.9 Å². The molecule has 9 heteroatoms. The summed E-state index contributed by atoms with van der Waals surface area (Å²) < 4.78 is 31.3. The smallest absolute Gasteiger partial charge is 0.276 e. The number of rotatable bonds is 4. The topological polar surface area (TPSA) is 105 Å². The maximum Gasteiger partial charge on any atom is 0.276 e. The maximum absolute atomic E-state index is 12.4. The van der Waals surface area contributed by atoms with Crippen LogP contribution in [0.4, 0.5) is 0 Å². The van der Waals surface area contributed by atoms with Crippen molar-refractivity contribution in [1.29, 1.82) is 0 Å². The molecule has 0 saturated heterocycles. The number of aryl methyl sites for hydroxylation is 1. The van der Waals surface area contributed by atoms with Crippen molar-refractivity contribution >= 4 is 31.8 Å². The summed E-state index contributed by atoms with van der Waals surface area (Å²) in [6.07, 6.45) is 2.35. The largest absolute Gasteiger partial charge is 0.353 e. The predicted molar refractivity (Wildman–Crippen MR) is 97.1 cm³/mol. The Morgan fingerprint density at radius 3 is 2.62 bits per heavy atom. The second kappa shape index (κ2) is 5.89. The van der Waals surface area contributed by atoms with Gasteiger partial charge in [-0.15, -0.1) is 0 Å². The molecule has 3 heterocycles. The van der Waals surface area contributed by atoms with Crippen LogP contribution in [0.1, 0.15) is 12.7 Å². The van der Waals surface area contributed by atoms with Crippen LogP contribution in [0.5, 0.6) is 0 Å². The molecule has 0 saturated carbocycles. The summed E-state index contributed by atoms with van der Waals surface area (Å²) in [6, 6.07) is 6.84. The van der Waals surface area contributed by atoms with Crippen molar-refractivity contribution in [2.75, 3.05) is 14.1 Å². The number of fused-ring (bicyclic) bond motifs is 3. The van der Waals surface area contributed by atoms with Crippen LogP contribution in [0.25, 0.3) is 33.4 Å². The highest BCUT2D eigenvalue weighted by molar-refractivity contribution is 7.89. The number of hydrogen-bond donors (Lipinski definition) is 1. The Morgan fingerprint density at radius 1 is 1.15 bits per heavy atom. The number of pyridine rings is 1. The number of sulfonamides is 1. The summed E-state index contributed by atoms with van der Waals surface area (Å²) in [4.78, 5) is 12.1. The van der Waals surface area contributed by atoms with Crippen molar-refractivity contribution in [3.8, 4) is 11.6 Å². The van der Waals surface area contributed by atoms with Crippen molar-refractivity contribution in [2.24, 2.45) is 0 Å². The van der Waals surface area contributed by atoms with Crippen molar-refractivity contribution in [3.63, 3.8) is 0 Å². The zero-order valence-corrected chi connectivity index (χ0v) is 15.3. The van der Waals surface area contributed by atoms with Crippen LogP contribution in [0, 0.1) is 0 Å². The molecule has 0 spiro atoms. The third-order valence-corrected chi connectivity index (χ3v) is 6.05. The highest BCUT2D eigenvalue weighted by Gasteiger charge is 2.19. The van der Waals surface area contributed by atoms with Gasteiger partial charge in [0.1, 0.15) is 5.69 Å². The fraction of sp³-hybridized carbons (Fsp3) is 0.235. The van der Waals surface area contributed by atoms with Gasteiger partial charge < -0.3 is 9.51 Å². The molecule has 0 bridgehead atoms. The molecule has 0 amide bonds. The molecule has 4 rings (SSSR count).